The van der Waals surface area contributed by atoms with Gasteiger partial charge in [0.2, 0.25) is 0 Å². The number of hydrogen-bond acceptors (Lipinski definition) is 2. The number of nitrogens with one attached hydrogen (secondary N) is 1. The predicted octanol–water partition coefficient (Wildman–Crippen LogP) is 3.36. The summed E-state index contributed by atoms with van der Waals surface area (Å²) in [5, 5.41) is 12.9. The average Bonchev–Trinajstić information content (AvgIpc) is 2.47. The molecule has 0 unspecified atom stereocenters. The first kappa shape index (κ1) is 14.5. The van der Waals surface area contributed by atoms with E-state index in [-0.39, 0.29) is 11.3 Å². The predicted molar refractivity (Wildman–Crippen MR) is 78.3 cm³/mol. The third kappa shape index (κ3) is 3.57. The number of amides is 1. The van der Waals surface area contributed by atoms with Gasteiger partial charge in [0.1, 0.15) is 11.6 Å². The molecule has 0 aromatic heterocycles. The average molecular weight is 338 g/mol. The first-order chi connectivity index (χ1) is 9.60. The summed E-state index contributed by atoms with van der Waals surface area (Å²) in [6.07, 6.45) is 0. The summed E-state index contributed by atoms with van der Waals surface area (Å²) in [6.45, 7) is 0.315. The Morgan fingerprint density at radius 3 is 2.70 bits per heavy atom. The quantitative estimate of drug-likeness (QED) is 0.840. The first-order valence-electron chi connectivity index (χ1n) is 6.00. The summed E-state index contributed by atoms with van der Waals surface area (Å²) < 4.78 is 13.1. The minimum Gasteiger partial charge on any atom is -0.507 e. The molecule has 0 aliphatic heterocycles. The molecule has 0 spiro atoms. The topological polar surface area (TPSA) is 49.3 Å². The number of rotatable bonds is 4. The van der Waals surface area contributed by atoms with Crippen LogP contribution in [0.5, 0.6) is 5.75 Å². The molecule has 2 N–H and O–H groups in total. The number of halogens is 2. The van der Waals surface area contributed by atoms with Crippen molar-refractivity contribution in [1.82, 2.24) is 5.32 Å². The van der Waals surface area contributed by atoms with Crippen molar-refractivity contribution in [2.45, 2.75) is 11.9 Å². The first-order valence-corrected chi connectivity index (χ1v) is 7.13. The van der Waals surface area contributed by atoms with Crippen LogP contribution in [0.2, 0.25) is 0 Å². The summed E-state index contributed by atoms with van der Waals surface area (Å²) in [5.74, 6) is -1.31. The largest absolute Gasteiger partial charge is 0.507 e. The maximum Gasteiger partial charge on any atom is 0.255 e. The van der Waals surface area contributed by atoms with E-state index >= 15 is 0 Å². The smallest absolute Gasteiger partial charge is 0.255 e. The van der Waals surface area contributed by atoms with Crippen molar-refractivity contribution in [2.24, 2.45) is 0 Å². The van der Waals surface area contributed by atoms with Crippen molar-refractivity contribution in [1.29, 1.82) is 0 Å². The van der Waals surface area contributed by atoms with Crippen molar-refractivity contribution in [3.05, 3.63) is 65.0 Å². The third-order valence-electron chi connectivity index (χ3n) is 2.80. The molecule has 0 saturated carbocycles. The van der Waals surface area contributed by atoms with Gasteiger partial charge in [-0.3, -0.25) is 4.79 Å². The minimum absolute atomic E-state index is 0.0679. The summed E-state index contributed by atoms with van der Waals surface area (Å²) in [4.78, 5) is 11.9. The van der Waals surface area contributed by atoms with E-state index in [1.807, 2.05) is 24.3 Å². The van der Waals surface area contributed by atoms with Crippen LogP contribution >= 0.6 is 15.9 Å². The Labute approximate surface area is 124 Å². The van der Waals surface area contributed by atoms with E-state index in [1.165, 1.54) is 0 Å². The zero-order valence-electron chi connectivity index (χ0n) is 10.6. The Balaban J connectivity index is 2.06. The highest BCUT2D eigenvalue weighted by molar-refractivity contribution is 9.08. The van der Waals surface area contributed by atoms with Gasteiger partial charge in [0.05, 0.1) is 5.56 Å². The Hall–Kier alpha value is -1.88. The van der Waals surface area contributed by atoms with Gasteiger partial charge < -0.3 is 10.4 Å². The number of benzene rings is 2. The fraction of sp³-hybridized carbons (Fsp3) is 0.133. The van der Waals surface area contributed by atoms with E-state index < -0.39 is 11.7 Å². The molecular weight excluding hydrogens is 325 g/mol. The lowest BCUT2D eigenvalue weighted by molar-refractivity contribution is 0.0947. The normalized spacial score (nSPS) is 10.3. The highest BCUT2D eigenvalue weighted by atomic mass is 79.9. The third-order valence-corrected chi connectivity index (χ3v) is 3.45. The molecule has 0 bridgehead atoms. The highest BCUT2D eigenvalue weighted by Crippen LogP contribution is 2.17. The van der Waals surface area contributed by atoms with E-state index in [1.54, 1.807) is 0 Å². The molecule has 1 amide bonds. The second-order valence-electron chi connectivity index (χ2n) is 4.30. The molecule has 0 radical (unpaired) electrons. The van der Waals surface area contributed by atoms with Gasteiger partial charge in [-0.1, -0.05) is 40.2 Å². The number of carbonyl (C=O) groups is 1. The molecule has 3 nitrogen and oxygen atoms in total. The number of aromatic hydroxyl groups is 1. The molecular formula is C15H13BrFNO2. The SMILES string of the molecule is O=C(NCc1cccc(CBr)c1)c1cc(F)ccc1O. The van der Waals surface area contributed by atoms with Crippen LogP contribution in [0.15, 0.2) is 42.5 Å². The van der Waals surface area contributed by atoms with Gasteiger partial charge >= 0.3 is 0 Å². The van der Waals surface area contributed by atoms with Crippen LogP contribution in [0.4, 0.5) is 4.39 Å². The Bertz CT molecular complexity index is 631. The van der Waals surface area contributed by atoms with Gasteiger partial charge in [-0.05, 0) is 29.3 Å². The molecule has 20 heavy (non-hydrogen) atoms. The summed E-state index contributed by atoms with van der Waals surface area (Å²) >= 11 is 3.36. The zero-order chi connectivity index (χ0) is 14.5. The van der Waals surface area contributed by atoms with E-state index in [4.69, 9.17) is 0 Å². The van der Waals surface area contributed by atoms with Gasteiger partial charge in [-0.25, -0.2) is 4.39 Å². The molecule has 0 fully saturated rings. The lowest BCUT2D eigenvalue weighted by Crippen LogP contribution is -2.23. The molecule has 0 aliphatic rings. The summed E-state index contributed by atoms with van der Waals surface area (Å²) in [5.41, 5.74) is 1.97. The standard InChI is InChI=1S/C15H13BrFNO2/c16-8-10-2-1-3-11(6-10)9-18-15(20)13-7-12(17)4-5-14(13)19/h1-7,19H,8-9H2,(H,18,20). The molecule has 2 rings (SSSR count). The van der Waals surface area contributed by atoms with Crippen molar-refractivity contribution in [3.63, 3.8) is 0 Å². The molecule has 0 saturated heterocycles. The summed E-state index contributed by atoms with van der Waals surface area (Å²) in [7, 11) is 0. The maximum atomic E-state index is 13.1. The Morgan fingerprint density at radius 2 is 1.95 bits per heavy atom. The van der Waals surface area contributed by atoms with Gasteiger partial charge in [-0.2, -0.15) is 0 Å². The van der Waals surface area contributed by atoms with Crippen LogP contribution in [0.3, 0.4) is 0 Å². The highest BCUT2D eigenvalue weighted by Gasteiger charge is 2.11. The van der Waals surface area contributed by atoms with E-state index in [0.717, 1.165) is 34.7 Å². The molecule has 104 valence electrons. The molecule has 5 heteroatoms. The van der Waals surface area contributed by atoms with Gasteiger partial charge in [0.15, 0.2) is 0 Å². The molecule has 0 atom stereocenters. The monoisotopic (exact) mass is 337 g/mol. The fourth-order valence-corrected chi connectivity index (χ4v) is 2.14. The van der Waals surface area contributed by atoms with Crippen molar-refractivity contribution < 1.29 is 14.3 Å². The number of phenols is 1. The fourth-order valence-electron chi connectivity index (χ4n) is 1.79. The molecule has 0 heterocycles. The lowest BCUT2D eigenvalue weighted by Gasteiger charge is -2.08. The van der Waals surface area contributed by atoms with Crippen molar-refractivity contribution in [2.75, 3.05) is 0 Å². The number of hydrogen-bond donors (Lipinski definition) is 2. The van der Waals surface area contributed by atoms with Gasteiger partial charge in [0.25, 0.3) is 5.91 Å². The lowest BCUT2D eigenvalue weighted by atomic mass is 10.1. The van der Waals surface area contributed by atoms with Crippen LogP contribution in [-0.2, 0) is 11.9 Å². The van der Waals surface area contributed by atoms with Gasteiger partial charge in [0, 0.05) is 11.9 Å². The minimum atomic E-state index is -0.561. The Morgan fingerprint density at radius 1 is 1.20 bits per heavy atom. The molecule has 0 aliphatic carbocycles. The van der Waals surface area contributed by atoms with Crippen molar-refractivity contribution >= 4 is 21.8 Å². The number of phenolic OH excluding ortho intramolecular Hbond substituents is 1. The Kier molecular flexibility index (Phi) is 4.74. The maximum absolute atomic E-state index is 13.1. The van der Waals surface area contributed by atoms with Crippen LogP contribution in [0.25, 0.3) is 0 Å². The van der Waals surface area contributed by atoms with E-state index in [2.05, 4.69) is 21.2 Å². The number of carbonyl (C=O) groups excluding carboxylic acids is 1. The second kappa shape index (κ2) is 6.52. The van der Waals surface area contributed by atoms with Crippen molar-refractivity contribution in [3.8, 4) is 5.75 Å². The number of alkyl halides is 1. The van der Waals surface area contributed by atoms with Gasteiger partial charge in [-0.15, -0.1) is 0 Å². The van der Waals surface area contributed by atoms with E-state index in [0.29, 0.717) is 6.54 Å². The van der Waals surface area contributed by atoms with E-state index in [9.17, 15) is 14.3 Å². The molecule has 2 aromatic rings. The van der Waals surface area contributed by atoms with Crippen LogP contribution < -0.4 is 5.32 Å². The second-order valence-corrected chi connectivity index (χ2v) is 4.86. The van der Waals surface area contributed by atoms with Crippen LogP contribution in [0, 0.1) is 5.82 Å². The van der Waals surface area contributed by atoms with Crippen LogP contribution in [0.1, 0.15) is 21.5 Å². The van der Waals surface area contributed by atoms with Crippen LogP contribution in [-0.4, -0.2) is 11.0 Å². The molecule has 2 aromatic carbocycles. The zero-order valence-corrected chi connectivity index (χ0v) is 12.2. The summed E-state index contributed by atoms with van der Waals surface area (Å²) in [6, 6.07) is 11.0.